The highest BCUT2D eigenvalue weighted by atomic mass is 16.2. The normalized spacial score (nSPS) is 13.4. The summed E-state index contributed by atoms with van der Waals surface area (Å²) in [7, 11) is 0. The number of anilines is 1. The van der Waals surface area contributed by atoms with E-state index in [0.717, 1.165) is 11.3 Å². The minimum atomic E-state index is -0.522. The number of hydrogen-bond donors (Lipinski definition) is 2. The molecule has 4 heteroatoms. The highest BCUT2D eigenvalue weighted by molar-refractivity contribution is 5.80. The molecule has 0 saturated carbocycles. The standard InChI is InChI=1S/C9H9N3O/c10-9(13)12-6-5-7-3-1-2-4-8(7)11-12/h1-6,11H,(H2,10,13). The number of urea groups is 1. The number of carbonyl (C=O) groups is 1. The average Bonchev–Trinajstić information content (AvgIpc) is 2.17. The highest BCUT2D eigenvalue weighted by Crippen LogP contribution is 2.21. The number of primary amides is 1. The molecule has 13 heavy (non-hydrogen) atoms. The summed E-state index contributed by atoms with van der Waals surface area (Å²) in [5.41, 5.74) is 9.89. The second kappa shape index (κ2) is 2.82. The van der Waals surface area contributed by atoms with Gasteiger partial charge in [-0.1, -0.05) is 18.2 Å². The summed E-state index contributed by atoms with van der Waals surface area (Å²) in [6.45, 7) is 0. The van der Waals surface area contributed by atoms with Gasteiger partial charge >= 0.3 is 6.03 Å². The zero-order valence-corrected chi connectivity index (χ0v) is 6.90. The number of nitrogens with two attached hydrogens (primary N) is 1. The minimum Gasteiger partial charge on any atom is -0.350 e. The van der Waals surface area contributed by atoms with Crippen molar-refractivity contribution in [3.8, 4) is 0 Å². The second-order valence-electron chi connectivity index (χ2n) is 2.72. The van der Waals surface area contributed by atoms with Crippen molar-refractivity contribution in [3.05, 3.63) is 36.0 Å². The first-order chi connectivity index (χ1) is 6.27. The quantitative estimate of drug-likeness (QED) is 0.625. The van der Waals surface area contributed by atoms with E-state index in [0.29, 0.717) is 0 Å². The van der Waals surface area contributed by atoms with E-state index >= 15 is 0 Å². The molecule has 0 bridgehead atoms. The van der Waals surface area contributed by atoms with Crippen molar-refractivity contribution in [3.63, 3.8) is 0 Å². The predicted octanol–water partition coefficient (Wildman–Crippen LogP) is 1.38. The minimum absolute atomic E-state index is 0.522. The zero-order valence-electron chi connectivity index (χ0n) is 6.90. The molecule has 1 aromatic rings. The number of para-hydroxylation sites is 1. The van der Waals surface area contributed by atoms with Crippen LogP contribution in [-0.2, 0) is 0 Å². The molecule has 1 aromatic carbocycles. The van der Waals surface area contributed by atoms with E-state index in [-0.39, 0.29) is 0 Å². The Balaban J connectivity index is 2.34. The molecule has 2 rings (SSSR count). The fourth-order valence-corrected chi connectivity index (χ4v) is 1.19. The summed E-state index contributed by atoms with van der Waals surface area (Å²) >= 11 is 0. The molecule has 1 aliphatic rings. The lowest BCUT2D eigenvalue weighted by Gasteiger charge is -2.23. The number of hydrazine groups is 1. The van der Waals surface area contributed by atoms with E-state index < -0.39 is 6.03 Å². The third-order valence-electron chi connectivity index (χ3n) is 1.84. The van der Waals surface area contributed by atoms with Crippen molar-refractivity contribution in [2.24, 2.45) is 5.73 Å². The van der Waals surface area contributed by atoms with Gasteiger partial charge < -0.3 is 5.73 Å². The summed E-state index contributed by atoms with van der Waals surface area (Å²) in [5.74, 6) is 0. The molecule has 0 aromatic heterocycles. The molecular formula is C9H9N3O. The first-order valence-electron chi connectivity index (χ1n) is 3.90. The van der Waals surface area contributed by atoms with Gasteiger partial charge in [0.15, 0.2) is 0 Å². The number of rotatable bonds is 0. The van der Waals surface area contributed by atoms with Crippen LogP contribution in [0.1, 0.15) is 5.56 Å². The Kier molecular flexibility index (Phi) is 1.66. The number of benzene rings is 1. The summed E-state index contributed by atoms with van der Waals surface area (Å²) in [4.78, 5) is 10.8. The van der Waals surface area contributed by atoms with E-state index in [1.54, 1.807) is 6.20 Å². The average molecular weight is 175 g/mol. The smallest absolute Gasteiger partial charge is 0.337 e. The van der Waals surface area contributed by atoms with Crippen molar-refractivity contribution < 1.29 is 4.79 Å². The number of amides is 2. The number of nitrogens with zero attached hydrogens (tertiary/aromatic N) is 1. The van der Waals surface area contributed by atoms with Gasteiger partial charge in [-0.3, -0.25) is 5.43 Å². The van der Waals surface area contributed by atoms with Gasteiger partial charge in [-0.2, -0.15) is 0 Å². The van der Waals surface area contributed by atoms with Crippen LogP contribution < -0.4 is 11.2 Å². The molecule has 0 spiro atoms. The molecule has 0 radical (unpaired) electrons. The topological polar surface area (TPSA) is 58.4 Å². The van der Waals surface area contributed by atoms with E-state index in [1.807, 2.05) is 30.3 Å². The highest BCUT2D eigenvalue weighted by Gasteiger charge is 2.11. The van der Waals surface area contributed by atoms with Crippen LogP contribution in [0.5, 0.6) is 0 Å². The zero-order chi connectivity index (χ0) is 9.26. The predicted molar refractivity (Wildman–Crippen MR) is 50.5 cm³/mol. The molecule has 0 unspecified atom stereocenters. The third kappa shape index (κ3) is 1.33. The number of nitrogens with one attached hydrogen (secondary N) is 1. The number of fused-ring (bicyclic) bond motifs is 1. The lowest BCUT2D eigenvalue weighted by molar-refractivity contribution is 0.231. The van der Waals surface area contributed by atoms with Crippen LogP contribution in [-0.4, -0.2) is 11.0 Å². The van der Waals surface area contributed by atoms with Crippen molar-refractivity contribution in [1.82, 2.24) is 5.01 Å². The summed E-state index contributed by atoms with van der Waals surface area (Å²) < 4.78 is 0. The molecular weight excluding hydrogens is 166 g/mol. The van der Waals surface area contributed by atoms with E-state index in [1.165, 1.54) is 5.01 Å². The molecule has 66 valence electrons. The maximum absolute atomic E-state index is 10.8. The number of carbonyl (C=O) groups excluding carboxylic acids is 1. The lowest BCUT2D eigenvalue weighted by Crippen LogP contribution is -2.37. The first-order valence-corrected chi connectivity index (χ1v) is 3.90. The van der Waals surface area contributed by atoms with Crippen LogP contribution in [0.15, 0.2) is 30.5 Å². The van der Waals surface area contributed by atoms with Gasteiger partial charge in [-0.15, -0.1) is 0 Å². The van der Waals surface area contributed by atoms with Crippen molar-refractivity contribution in [2.45, 2.75) is 0 Å². The van der Waals surface area contributed by atoms with Crippen LogP contribution in [0.2, 0.25) is 0 Å². The molecule has 1 heterocycles. The van der Waals surface area contributed by atoms with Gasteiger partial charge in [-0.25, -0.2) is 9.80 Å². The lowest BCUT2D eigenvalue weighted by atomic mass is 10.1. The molecule has 0 aliphatic carbocycles. The van der Waals surface area contributed by atoms with E-state index in [2.05, 4.69) is 5.43 Å². The summed E-state index contributed by atoms with van der Waals surface area (Å²) in [6, 6.07) is 7.15. The number of hydrogen-bond acceptors (Lipinski definition) is 2. The largest absolute Gasteiger partial charge is 0.350 e. The van der Waals surface area contributed by atoms with Crippen LogP contribution in [0.25, 0.3) is 6.08 Å². The van der Waals surface area contributed by atoms with Gasteiger partial charge in [0.25, 0.3) is 0 Å². The van der Waals surface area contributed by atoms with Crippen LogP contribution >= 0.6 is 0 Å². The van der Waals surface area contributed by atoms with Crippen molar-refractivity contribution >= 4 is 17.8 Å². The maximum atomic E-state index is 10.8. The Hall–Kier alpha value is -1.97. The Morgan fingerprint density at radius 1 is 1.38 bits per heavy atom. The SMILES string of the molecule is NC(=O)N1C=Cc2ccccc2N1. The molecule has 3 N–H and O–H groups in total. The van der Waals surface area contributed by atoms with Gasteiger partial charge in [0, 0.05) is 11.8 Å². The third-order valence-corrected chi connectivity index (χ3v) is 1.84. The molecule has 4 nitrogen and oxygen atoms in total. The Labute approximate surface area is 75.6 Å². The molecule has 0 atom stereocenters. The summed E-state index contributed by atoms with van der Waals surface area (Å²) in [5, 5.41) is 1.24. The van der Waals surface area contributed by atoms with Crippen molar-refractivity contribution in [1.29, 1.82) is 0 Å². The second-order valence-corrected chi connectivity index (χ2v) is 2.72. The van der Waals surface area contributed by atoms with E-state index in [4.69, 9.17) is 5.73 Å². The molecule has 1 aliphatic heterocycles. The van der Waals surface area contributed by atoms with Gasteiger partial charge in [0.05, 0.1) is 5.69 Å². The van der Waals surface area contributed by atoms with Crippen molar-refractivity contribution in [2.75, 3.05) is 5.43 Å². The van der Waals surface area contributed by atoms with Gasteiger partial charge in [-0.05, 0) is 12.1 Å². The molecule has 0 fully saturated rings. The summed E-state index contributed by atoms with van der Waals surface area (Å²) in [6.07, 6.45) is 3.43. The monoisotopic (exact) mass is 175 g/mol. The van der Waals surface area contributed by atoms with Gasteiger partial charge in [0.2, 0.25) is 0 Å². The molecule has 2 amide bonds. The Morgan fingerprint density at radius 3 is 2.92 bits per heavy atom. The first kappa shape index (κ1) is 7.67. The van der Waals surface area contributed by atoms with Crippen LogP contribution in [0, 0.1) is 0 Å². The van der Waals surface area contributed by atoms with Crippen LogP contribution in [0.4, 0.5) is 10.5 Å². The maximum Gasteiger partial charge on any atom is 0.337 e. The van der Waals surface area contributed by atoms with Gasteiger partial charge in [0.1, 0.15) is 0 Å². The fourth-order valence-electron chi connectivity index (χ4n) is 1.19. The Morgan fingerprint density at radius 2 is 2.15 bits per heavy atom. The fraction of sp³-hybridized carbons (Fsp3) is 0. The molecule has 0 saturated heterocycles. The van der Waals surface area contributed by atoms with E-state index in [9.17, 15) is 4.79 Å². The Bertz CT molecular complexity index is 373. The van der Waals surface area contributed by atoms with Crippen LogP contribution in [0.3, 0.4) is 0 Å².